The van der Waals surface area contributed by atoms with Gasteiger partial charge in [-0.15, -0.1) is 0 Å². The van der Waals surface area contributed by atoms with Crippen LogP contribution in [-0.2, 0) is 6.18 Å². The third-order valence-electron chi connectivity index (χ3n) is 4.29. The monoisotopic (exact) mass is 353 g/mol. The second kappa shape index (κ2) is 6.87. The zero-order valence-electron chi connectivity index (χ0n) is 14.1. The van der Waals surface area contributed by atoms with E-state index in [1.807, 2.05) is 0 Å². The smallest absolute Gasteiger partial charge is 0.433 e. The number of rotatable bonds is 3. The van der Waals surface area contributed by atoms with Crippen LogP contribution in [0.2, 0.25) is 0 Å². The molecule has 0 saturated carbocycles. The van der Waals surface area contributed by atoms with Crippen LogP contribution in [0, 0.1) is 0 Å². The van der Waals surface area contributed by atoms with Crippen LogP contribution in [0.4, 0.5) is 19.1 Å². The van der Waals surface area contributed by atoms with E-state index in [1.165, 1.54) is 12.0 Å². The van der Waals surface area contributed by atoms with Gasteiger partial charge in [-0.25, -0.2) is 9.97 Å². The Balaban J connectivity index is 2.07. The average Bonchev–Trinajstić information content (AvgIpc) is 2.61. The standard InChI is InChI=1S/C17H19F3N4O/c1-23-7-9-24(10-8-23)16-21-13(11-15(22-16)17(18,19)20)12-5-3-4-6-14(12)25-2/h3-6,11H,7-10H2,1-2H3/p+1. The van der Waals surface area contributed by atoms with Gasteiger partial charge in [0.05, 0.1) is 46.0 Å². The molecule has 0 amide bonds. The van der Waals surface area contributed by atoms with Crippen molar-refractivity contribution in [1.29, 1.82) is 0 Å². The first-order chi connectivity index (χ1) is 11.9. The van der Waals surface area contributed by atoms with Gasteiger partial charge in [0.1, 0.15) is 5.75 Å². The molecule has 2 heterocycles. The Morgan fingerprint density at radius 3 is 2.44 bits per heavy atom. The molecule has 5 nitrogen and oxygen atoms in total. The van der Waals surface area contributed by atoms with Gasteiger partial charge in [-0.1, -0.05) is 12.1 Å². The molecule has 0 atom stereocenters. The number of likely N-dealkylation sites (N-methyl/N-ethyl adjacent to an activating group) is 1. The molecule has 134 valence electrons. The van der Waals surface area contributed by atoms with Gasteiger partial charge in [-0.3, -0.25) is 0 Å². The minimum atomic E-state index is -4.54. The fourth-order valence-corrected chi connectivity index (χ4v) is 2.80. The molecule has 3 rings (SSSR count). The summed E-state index contributed by atoms with van der Waals surface area (Å²) >= 11 is 0. The Bertz CT molecular complexity index is 743. The highest BCUT2D eigenvalue weighted by molar-refractivity contribution is 5.68. The van der Waals surface area contributed by atoms with Crippen molar-refractivity contribution in [3.8, 4) is 17.0 Å². The van der Waals surface area contributed by atoms with Crippen LogP contribution in [0.15, 0.2) is 30.3 Å². The summed E-state index contributed by atoms with van der Waals surface area (Å²) in [5.41, 5.74) is -0.218. The van der Waals surface area contributed by atoms with E-state index in [2.05, 4.69) is 17.0 Å². The molecule has 0 bridgehead atoms. The van der Waals surface area contributed by atoms with Gasteiger partial charge in [0.25, 0.3) is 0 Å². The number of para-hydroxylation sites is 1. The van der Waals surface area contributed by atoms with Crippen LogP contribution >= 0.6 is 0 Å². The van der Waals surface area contributed by atoms with Crippen molar-refractivity contribution in [3.05, 3.63) is 36.0 Å². The largest absolute Gasteiger partial charge is 0.496 e. The van der Waals surface area contributed by atoms with Crippen molar-refractivity contribution in [2.45, 2.75) is 6.18 Å². The second-order valence-corrected chi connectivity index (χ2v) is 6.08. The first-order valence-corrected chi connectivity index (χ1v) is 8.04. The van der Waals surface area contributed by atoms with Crippen molar-refractivity contribution in [3.63, 3.8) is 0 Å². The molecule has 8 heteroatoms. The summed E-state index contributed by atoms with van der Waals surface area (Å²) in [7, 11) is 3.54. The molecule has 1 fully saturated rings. The number of hydrogen-bond donors (Lipinski definition) is 1. The Kier molecular flexibility index (Phi) is 4.80. The summed E-state index contributed by atoms with van der Waals surface area (Å²) < 4.78 is 45.3. The van der Waals surface area contributed by atoms with Crippen molar-refractivity contribution in [2.75, 3.05) is 45.2 Å². The zero-order chi connectivity index (χ0) is 18.0. The van der Waals surface area contributed by atoms with E-state index >= 15 is 0 Å². The van der Waals surface area contributed by atoms with Crippen LogP contribution < -0.4 is 14.5 Å². The van der Waals surface area contributed by atoms with E-state index in [0.29, 0.717) is 24.4 Å². The number of nitrogens with zero attached hydrogens (tertiary/aromatic N) is 3. The van der Waals surface area contributed by atoms with Crippen LogP contribution in [0.3, 0.4) is 0 Å². The lowest BCUT2D eigenvalue weighted by atomic mass is 10.1. The highest BCUT2D eigenvalue weighted by atomic mass is 19.4. The lowest BCUT2D eigenvalue weighted by molar-refractivity contribution is -0.880. The fraction of sp³-hybridized carbons (Fsp3) is 0.412. The molecule has 0 radical (unpaired) electrons. The van der Waals surface area contributed by atoms with E-state index in [9.17, 15) is 13.2 Å². The van der Waals surface area contributed by atoms with Crippen LogP contribution in [0.25, 0.3) is 11.3 Å². The molecule has 0 unspecified atom stereocenters. The van der Waals surface area contributed by atoms with Gasteiger partial charge in [-0.2, -0.15) is 13.2 Å². The number of halogens is 3. The summed E-state index contributed by atoms with van der Waals surface area (Å²) in [6.45, 7) is 2.92. The maximum atomic E-state index is 13.3. The maximum Gasteiger partial charge on any atom is 0.433 e. The first kappa shape index (κ1) is 17.5. The molecule has 0 aliphatic carbocycles. The number of piperazine rings is 1. The lowest BCUT2D eigenvalue weighted by Crippen LogP contribution is -3.12. The van der Waals surface area contributed by atoms with Crippen molar-refractivity contribution >= 4 is 5.95 Å². The number of benzene rings is 1. The number of ether oxygens (including phenoxy) is 1. The average molecular weight is 353 g/mol. The lowest BCUT2D eigenvalue weighted by Gasteiger charge is -2.30. The first-order valence-electron chi connectivity index (χ1n) is 8.04. The third-order valence-corrected chi connectivity index (χ3v) is 4.29. The molecule has 1 aromatic carbocycles. The third kappa shape index (κ3) is 3.84. The molecular formula is C17H20F3N4O+. The molecule has 1 aliphatic rings. The number of hydrogen-bond acceptors (Lipinski definition) is 4. The molecule has 25 heavy (non-hydrogen) atoms. The summed E-state index contributed by atoms with van der Waals surface area (Å²) in [5, 5.41) is 0. The fourth-order valence-electron chi connectivity index (χ4n) is 2.80. The van der Waals surface area contributed by atoms with Crippen molar-refractivity contribution in [2.24, 2.45) is 0 Å². The number of methoxy groups -OCH3 is 1. The highest BCUT2D eigenvalue weighted by Gasteiger charge is 2.35. The summed E-state index contributed by atoms with van der Waals surface area (Å²) in [4.78, 5) is 11.3. The van der Waals surface area contributed by atoms with Crippen molar-refractivity contribution in [1.82, 2.24) is 9.97 Å². The number of alkyl halides is 3. The quantitative estimate of drug-likeness (QED) is 0.908. The highest BCUT2D eigenvalue weighted by Crippen LogP contribution is 2.34. The topological polar surface area (TPSA) is 42.7 Å². The van der Waals surface area contributed by atoms with Crippen molar-refractivity contribution < 1.29 is 22.8 Å². The molecular weight excluding hydrogens is 333 g/mol. The predicted octanol–water partition coefficient (Wildman–Crippen LogP) is 1.51. The molecule has 1 N–H and O–H groups in total. The van der Waals surface area contributed by atoms with Crippen LogP contribution in [0.1, 0.15) is 5.69 Å². The van der Waals surface area contributed by atoms with Gasteiger partial charge in [0, 0.05) is 5.56 Å². The van der Waals surface area contributed by atoms with E-state index in [-0.39, 0.29) is 11.6 Å². The SMILES string of the molecule is COc1ccccc1-c1cc(C(F)(F)F)nc(N2CC[NH+](C)CC2)n1. The van der Waals surface area contributed by atoms with Crippen LogP contribution in [-0.4, -0.2) is 50.3 Å². The number of quaternary nitrogens is 1. The number of aromatic nitrogens is 2. The zero-order valence-corrected chi connectivity index (χ0v) is 14.1. The Labute approximate surface area is 144 Å². The number of nitrogens with one attached hydrogen (secondary N) is 1. The minimum absolute atomic E-state index is 0.114. The molecule has 1 saturated heterocycles. The van der Waals surface area contributed by atoms with E-state index in [0.717, 1.165) is 19.2 Å². The second-order valence-electron chi connectivity index (χ2n) is 6.08. The molecule has 1 aromatic heterocycles. The van der Waals surface area contributed by atoms with Crippen LogP contribution in [0.5, 0.6) is 5.75 Å². The molecule has 2 aromatic rings. The van der Waals surface area contributed by atoms with Gasteiger partial charge < -0.3 is 14.5 Å². The Morgan fingerprint density at radius 1 is 1.12 bits per heavy atom. The minimum Gasteiger partial charge on any atom is -0.496 e. The predicted molar refractivity (Wildman–Crippen MR) is 87.9 cm³/mol. The normalized spacial score (nSPS) is 16.1. The molecule has 0 spiro atoms. The maximum absolute atomic E-state index is 13.3. The number of anilines is 1. The van der Waals surface area contributed by atoms with Gasteiger partial charge in [0.2, 0.25) is 5.95 Å². The molecule has 1 aliphatic heterocycles. The van der Waals surface area contributed by atoms with E-state index in [1.54, 1.807) is 29.2 Å². The summed E-state index contributed by atoms with van der Waals surface area (Å²) in [6.07, 6.45) is -4.54. The van der Waals surface area contributed by atoms with Gasteiger partial charge in [-0.05, 0) is 18.2 Å². The summed E-state index contributed by atoms with van der Waals surface area (Å²) in [5.74, 6) is 0.589. The summed E-state index contributed by atoms with van der Waals surface area (Å²) in [6, 6.07) is 7.87. The van der Waals surface area contributed by atoms with E-state index in [4.69, 9.17) is 4.74 Å². The van der Waals surface area contributed by atoms with E-state index < -0.39 is 11.9 Å². The van der Waals surface area contributed by atoms with Gasteiger partial charge in [0.15, 0.2) is 5.69 Å². The Hall–Kier alpha value is -2.35. The Morgan fingerprint density at radius 2 is 1.80 bits per heavy atom. The van der Waals surface area contributed by atoms with Gasteiger partial charge >= 0.3 is 6.18 Å².